The third-order valence-corrected chi connectivity index (χ3v) is 5.50. The Morgan fingerprint density at radius 1 is 1.32 bits per heavy atom. The quantitative estimate of drug-likeness (QED) is 0.774. The highest BCUT2D eigenvalue weighted by Gasteiger charge is 2.29. The molecule has 1 aliphatic heterocycles. The maximum atomic E-state index is 12.1. The molecule has 1 aliphatic rings. The molecule has 1 aromatic rings. The molecule has 1 unspecified atom stereocenters. The van der Waals surface area contributed by atoms with Crippen LogP contribution in [0.5, 0.6) is 0 Å². The van der Waals surface area contributed by atoms with Crippen LogP contribution >= 0.6 is 0 Å². The summed E-state index contributed by atoms with van der Waals surface area (Å²) in [6.07, 6.45) is 1.72. The van der Waals surface area contributed by atoms with Crippen LogP contribution in [-0.2, 0) is 26.8 Å². The lowest BCUT2D eigenvalue weighted by molar-refractivity contribution is -0.118. The highest BCUT2D eigenvalue weighted by atomic mass is 32.2. The van der Waals surface area contributed by atoms with Crippen molar-refractivity contribution in [3.8, 4) is 0 Å². The second-order valence-electron chi connectivity index (χ2n) is 5.78. The monoisotopic (exact) mass is 324 g/mol. The third kappa shape index (κ3) is 4.55. The van der Waals surface area contributed by atoms with E-state index in [-0.39, 0.29) is 23.5 Å². The maximum Gasteiger partial charge on any atom is 0.216 e. The Morgan fingerprint density at radius 3 is 2.77 bits per heavy atom. The van der Waals surface area contributed by atoms with Crippen LogP contribution < -0.4 is 10.6 Å². The molecule has 0 radical (unpaired) electrons. The molecule has 2 rings (SSSR count). The van der Waals surface area contributed by atoms with Gasteiger partial charge in [0.25, 0.3) is 0 Å². The Hall–Kier alpha value is -1.40. The summed E-state index contributed by atoms with van der Waals surface area (Å²) in [4.78, 5) is 10.8. The first-order chi connectivity index (χ1) is 10.4. The summed E-state index contributed by atoms with van der Waals surface area (Å²) in [5.74, 6) is 0.238. The molecule has 5 nitrogen and oxygen atoms in total. The van der Waals surface area contributed by atoms with Crippen molar-refractivity contribution in [3.05, 3.63) is 34.9 Å². The first kappa shape index (κ1) is 17.0. The molecular formula is C16H24N2O3S. The number of amides is 1. The SMILES string of the molecule is CCc1ccc2c(c1)C(NCCCNC(C)=O)CS(=O)(=O)C2. The number of rotatable bonds is 6. The van der Waals surface area contributed by atoms with Gasteiger partial charge in [0.2, 0.25) is 5.91 Å². The van der Waals surface area contributed by atoms with Crippen molar-refractivity contribution >= 4 is 15.7 Å². The summed E-state index contributed by atoms with van der Waals surface area (Å²) in [5.41, 5.74) is 3.24. The Labute approximate surface area is 132 Å². The maximum absolute atomic E-state index is 12.1. The lowest BCUT2D eigenvalue weighted by Crippen LogP contribution is -2.35. The van der Waals surface area contributed by atoms with Crippen LogP contribution in [0.4, 0.5) is 0 Å². The molecule has 22 heavy (non-hydrogen) atoms. The fourth-order valence-corrected chi connectivity index (χ4v) is 4.42. The van der Waals surface area contributed by atoms with Crippen molar-refractivity contribution in [2.24, 2.45) is 0 Å². The van der Waals surface area contributed by atoms with Crippen molar-refractivity contribution in [2.45, 2.75) is 38.5 Å². The highest BCUT2D eigenvalue weighted by molar-refractivity contribution is 7.90. The normalized spacial score (nSPS) is 19.5. The van der Waals surface area contributed by atoms with E-state index < -0.39 is 9.84 Å². The molecule has 0 fully saturated rings. The van der Waals surface area contributed by atoms with Gasteiger partial charge in [0, 0.05) is 19.5 Å². The summed E-state index contributed by atoms with van der Waals surface area (Å²) >= 11 is 0. The standard InChI is InChI=1S/C16H24N2O3S/c1-3-13-5-6-14-10-22(20,21)11-16(15(14)9-13)18-8-4-7-17-12(2)19/h5-6,9,16,18H,3-4,7-8,10-11H2,1-2H3,(H,17,19). The van der Waals surface area contributed by atoms with Gasteiger partial charge in [0.1, 0.15) is 0 Å². The van der Waals surface area contributed by atoms with Gasteiger partial charge in [-0.2, -0.15) is 0 Å². The molecule has 0 aromatic heterocycles. The third-order valence-electron chi connectivity index (χ3n) is 3.91. The number of carbonyl (C=O) groups excluding carboxylic acids is 1. The van der Waals surface area contributed by atoms with Crippen molar-refractivity contribution in [1.82, 2.24) is 10.6 Å². The van der Waals surface area contributed by atoms with Gasteiger partial charge in [-0.3, -0.25) is 4.79 Å². The summed E-state index contributed by atoms with van der Waals surface area (Å²) in [6, 6.07) is 5.91. The summed E-state index contributed by atoms with van der Waals surface area (Å²) in [5, 5.41) is 6.07. The molecule has 0 bridgehead atoms. The van der Waals surface area contributed by atoms with E-state index in [4.69, 9.17) is 0 Å². The molecule has 0 saturated carbocycles. The van der Waals surface area contributed by atoms with Gasteiger partial charge in [-0.15, -0.1) is 0 Å². The number of hydrogen-bond acceptors (Lipinski definition) is 4. The molecule has 122 valence electrons. The van der Waals surface area contributed by atoms with Crippen molar-refractivity contribution in [1.29, 1.82) is 0 Å². The Balaban J connectivity index is 2.05. The zero-order valence-corrected chi connectivity index (χ0v) is 14.0. The molecule has 1 amide bonds. The molecule has 6 heteroatoms. The zero-order chi connectivity index (χ0) is 16.2. The number of aryl methyl sites for hydroxylation is 1. The van der Waals surface area contributed by atoms with Crippen molar-refractivity contribution < 1.29 is 13.2 Å². The second-order valence-corrected chi connectivity index (χ2v) is 7.89. The van der Waals surface area contributed by atoms with E-state index in [1.807, 2.05) is 12.1 Å². The minimum Gasteiger partial charge on any atom is -0.356 e. The van der Waals surface area contributed by atoms with E-state index >= 15 is 0 Å². The van der Waals surface area contributed by atoms with Crippen LogP contribution in [0.15, 0.2) is 18.2 Å². The minimum absolute atomic E-state index is 0.0434. The average molecular weight is 324 g/mol. The van der Waals surface area contributed by atoms with Crippen LogP contribution in [0.1, 0.15) is 43.0 Å². The van der Waals surface area contributed by atoms with Crippen LogP contribution in [-0.4, -0.2) is 33.2 Å². The summed E-state index contributed by atoms with van der Waals surface area (Å²) in [6.45, 7) is 4.86. The predicted octanol–water partition coefficient (Wildman–Crippen LogP) is 1.33. The lowest BCUT2D eigenvalue weighted by atomic mass is 9.98. The number of nitrogens with one attached hydrogen (secondary N) is 2. The molecule has 1 atom stereocenters. The first-order valence-corrected chi connectivity index (χ1v) is 9.53. The number of fused-ring (bicyclic) bond motifs is 1. The van der Waals surface area contributed by atoms with Crippen molar-refractivity contribution in [2.75, 3.05) is 18.8 Å². The van der Waals surface area contributed by atoms with Gasteiger partial charge in [-0.1, -0.05) is 25.1 Å². The van der Waals surface area contributed by atoms with Gasteiger partial charge in [-0.05, 0) is 36.1 Å². The fraction of sp³-hybridized carbons (Fsp3) is 0.562. The van der Waals surface area contributed by atoms with Crippen LogP contribution in [0.25, 0.3) is 0 Å². The van der Waals surface area contributed by atoms with E-state index in [2.05, 4.69) is 23.6 Å². The second kappa shape index (κ2) is 7.24. The zero-order valence-electron chi connectivity index (χ0n) is 13.2. The molecule has 1 aromatic carbocycles. The van der Waals surface area contributed by atoms with Gasteiger partial charge in [0.05, 0.1) is 11.5 Å². The van der Waals surface area contributed by atoms with Gasteiger partial charge in [-0.25, -0.2) is 8.42 Å². The topological polar surface area (TPSA) is 75.3 Å². The van der Waals surface area contributed by atoms with Crippen molar-refractivity contribution in [3.63, 3.8) is 0 Å². The highest BCUT2D eigenvalue weighted by Crippen LogP contribution is 2.29. The summed E-state index contributed by atoms with van der Waals surface area (Å²) < 4.78 is 24.1. The molecule has 0 saturated heterocycles. The fourth-order valence-electron chi connectivity index (χ4n) is 2.76. The van der Waals surface area contributed by atoms with Gasteiger partial charge < -0.3 is 10.6 Å². The number of hydrogen-bond donors (Lipinski definition) is 2. The number of benzene rings is 1. The molecule has 0 aliphatic carbocycles. The van der Waals surface area contributed by atoms with E-state index in [9.17, 15) is 13.2 Å². The molecule has 2 N–H and O–H groups in total. The predicted molar refractivity (Wildman–Crippen MR) is 87.4 cm³/mol. The van der Waals surface area contributed by atoms with E-state index in [1.165, 1.54) is 12.5 Å². The lowest BCUT2D eigenvalue weighted by Gasteiger charge is -2.27. The van der Waals surface area contributed by atoms with Crippen LogP contribution in [0, 0.1) is 0 Å². The minimum atomic E-state index is -3.05. The number of carbonyl (C=O) groups is 1. The Kier molecular flexibility index (Phi) is 5.58. The van der Waals surface area contributed by atoms with Crippen LogP contribution in [0.2, 0.25) is 0 Å². The molecular weight excluding hydrogens is 300 g/mol. The average Bonchev–Trinajstić information content (AvgIpc) is 2.45. The number of sulfone groups is 1. The van der Waals surface area contributed by atoms with Gasteiger partial charge in [0.15, 0.2) is 9.84 Å². The first-order valence-electron chi connectivity index (χ1n) is 7.71. The Morgan fingerprint density at radius 2 is 2.09 bits per heavy atom. The Bertz CT molecular complexity index is 641. The van der Waals surface area contributed by atoms with E-state index in [1.54, 1.807) is 0 Å². The van der Waals surface area contributed by atoms with Gasteiger partial charge >= 0.3 is 0 Å². The molecule has 1 heterocycles. The molecule has 0 spiro atoms. The largest absolute Gasteiger partial charge is 0.356 e. The van der Waals surface area contributed by atoms with E-state index in [0.717, 1.165) is 24.0 Å². The summed E-state index contributed by atoms with van der Waals surface area (Å²) in [7, 11) is -3.05. The smallest absolute Gasteiger partial charge is 0.216 e. The van der Waals surface area contributed by atoms with E-state index in [0.29, 0.717) is 13.1 Å². The van der Waals surface area contributed by atoms with Crippen LogP contribution in [0.3, 0.4) is 0 Å².